The fourth-order valence-electron chi connectivity index (χ4n) is 3.66. The fourth-order valence-corrected chi connectivity index (χ4v) is 6.07. The number of hydrogen-bond acceptors (Lipinski definition) is 6. The zero-order valence-corrected chi connectivity index (χ0v) is 19.6. The Morgan fingerprint density at radius 2 is 1.88 bits per heavy atom. The number of nitrogens with one attached hydrogen (secondary N) is 1. The minimum atomic E-state index is -3.94. The zero-order valence-electron chi connectivity index (χ0n) is 18.0. The second-order valence-electron chi connectivity index (χ2n) is 7.87. The van der Waals surface area contributed by atoms with Crippen LogP contribution in [-0.2, 0) is 16.4 Å². The van der Waals surface area contributed by atoms with Gasteiger partial charge in [0.1, 0.15) is 4.90 Å². The van der Waals surface area contributed by atoms with Crippen LogP contribution in [0.2, 0.25) is 0 Å². The Bertz CT molecular complexity index is 1300. The maximum Gasteiger partial charge on any atom is 0.269 e. The van der Waals surface area contributed by atoms with Crippen molar-refractivity contribution in [3.05, 3.63) is 69.5 Å². The van der Waals surface area contributed by atoms with Crippen LogP contribution in [0.4, 0.5) is 0 Å². The van der Waals surface area contributed by atoms with Gasteiger partial charge in [0, 0.05) is 29.1 Å². The second kappa shape index (κ2) is 8.48. The molecule has 166 valence electrons. The summed E-state index contributed by atoms with van der Waals surface area (Å²) in [7, 11) is -3.94. The van der Waals surface area contributed by atoms with E-state index in [1.165, 1.54) is 18.2 Å². The van der Waals surface area contributed by atoms with Gasteiger partial charge in [0.25, 0.3) is 21.8 Å². The number of hydrogen-bond donors (Lipinski definition) is 1. The first kappa shape index (κ1) is 22.2. The highest BCUT2D eigenvalue weighted by Crippen LogP contribution is 2.32. The second-order valence-corrected chi connectivity index (χ2v) is 10.7. The molecule has 0 bridgehead atoms. The van der Waals surface area contributed by atoms with Crippen molar-refractivity contribution in [3.8, 4) is 11.3 Å². The third-order valence-electron chi connectivity index (χ3n) is 5.25. The van der Waals surface area contributed by atoms with E-state index in [-0.39, 0.29) is 21.9 Å². The molecule has 1 aliphatic heterocycles. The lowest BCUT2D eigenvalue weighted by Gasteiger charge is -2.18. The van der Waals surface area contributed by atoms with Gasteiger partial charge in [-0.25, -0.2) is 17.7 Å². The van der Waals surface area contributed by atoms with E-state index in [1.807, 2.05) is 36.6 Å². The SMILES string of the molecule is Cc1nc(-c2ccc(CCNC(=O)c3ccc4c(c3)S(=O)(=O)N(C(C)C)C4=O)cc2)cs1. The summed E-state index contributed by atoms with van der Waals surface area (Å²) in [5, 5.41) is 5.86. The van der Waals surface area contributed by atoms with E-state index in [0.717, 1.165) is 26.1 Å². The molecule has 0 spiro atoms. The van der Waals surface area contributed by atoms with Gasteiger partial charge in [-0.15, -0.1) is 11.3 Å². The summed E-state index contributed by atoms with van der Waals surface area (Å²) in [6, 6.07) is 11.7. The van der Waals surface area contributed by atoms with E-state index in [1.54, 1.807) is 25.2 Å². The van der Waals surface area contributed by atoms with Crippen LogP contribution in [0.5, 0.6) is 0 Å². The minimum absolute atomic E-state index is 0.102. The average Bonchev–Trinajstić information content (AvgIpc) is 3.27. The van der Waals surface area contributed by atoms with Crippen molar-refractivity contribution < 1.29 is 18.0 Å². The Morgan fingerprint density at radius 3 is 2.50 bits per heavy atom. The Kier molecular flexibility index (Phi) is 5.87. The lowest BCUT2D eigenvalue weighted by atomic mass is 10.1. The minimum Gasteiger partial charge on any atom is -0.352 e. The van der Waals surface area contributed by atoms with E-state index in [9.17, 15) is 18.0 Å². The molecule has 3 aromatic rings. The summed E-state index contributed by atoms with van der Waals surface area (Å²) in [6.45, 7) is 5.65. The van der Waals surface area contributed by atoms with Gasteiger partial charge < -0.3 is 5.32 Å². The molecule has 2 heterocycles. The maximum atomic E-state index is 12.7. The molecule has 9 heteroatoms. The predicted molar refractivity (Wildman–Crippen MR) is 123 cm³/mol. The highest BCUT2D eigenvalue weighted by molar-refractivity contribution is 7.90. The molecule has 1 aliphatic rings. The van der Waals surface area contributed by atoms with E-state index < -0.39 is 22.0 Å². The summed E-state index contributed by atoms with van der Waals surface area (Å²) in [4.78, 5) is 29.4. The molecular weight excluding hydrogens is 446 g/mol. The number of rotatable bonds is 6. The zero-order chi connectivity index (χ0) is 23.0. The van der Waals surface area contributed by atoms with E-state index in [0.29, 0.717) is 13.0 Å². The molecule has 4 rings (SSSR count). The highest BCUT2D eigenvalue weighted by atomic mass is 32.2. The number of carbonyl (C=O) groups excluding carboxylic acids is 2. The first-order valence-corrected chi connectivity index (χ1v) is 12.5. The van der Waals surface area contributed by atoms with Crippen molar-refractivity contribution in [2.24, 2.45) is 0 Å². The Hall–Kier alpha value is -3.04. The fraction of sp³-hybridized carbons (Fsp3) is 0.261. The number of nitrogens with zero attached hydrogens (tertiary/aromatic N) is 2. The summed E-state index contributed by atoms with van der Waals surface area (Å²) in [6.07, 6.45) is 0.630. The van der Waals surface area contributed by atoms with Crippen molar-refractivity contribution in [1.29, 1.82) is 0 Å². The Balaban J connectivity index is 1.40. The van der Waals surface area contributed by atoms with E-state index >= 15 is 0 Å². The Labute approximate surface area is 191 Å². The van der Waals surface area contributed by atoms with Crippen LogP contribution < -0.4 is 5.32 Å². The van der Waals surface area contributed by atoms with Crippen molar-refractivity contribution in [2.75, 3.05) is 6.54 Å². The molecule has 1 aromatic heterocycles. The third kappa shape index (κ3) is 4.05. The number of sulfonamides is 1. The van der Waals surface area contributed by atoms with Gasteiger partial charge in [-0.2, -0.15) is 0 Å². The van der Waals surface area contributed by atoms with Gasteiger partial charge in [-0.3, -0.25) is 9.59 Å². The summed E-state index contributed by atoms with van der Waals surface area (Å²) in [5.41, 5.74) is 3.38. The number of aromatic nitrogens is 1. The molecular formula is C23H23N3O4S2. The van der Waals surface area contributed by atoms with Crippen molar-refractivity contribution in [3.63, 3.8) is 0 Å². The van der Waals surface area contributed by atoms with Crippen LogP contribution in [-0.4, -0.2) is 42.1 Å². The topological polar surface area (TPSA) is 96.4 Å². The summed E-state index contributed by atoms with van der Waals surface area (Å²) < 4.78 is 26.3. The van der Waals surface area contributed by atoms with Crippen LogP contribution >= 0.6 is 11.3 Å². The monoisotopic (exact) mass is 469 g/mol. The summed E-state index contributed by atoms with van der Waals surface area (Å²) in [5.74, 6) is -0.939. The van der Waals surface area contributed by atoms with Crippen LogP contribution in [0.15, 0.2) is 52.7 Å². The lowest BCUT2D eigenvalue weighted by molar-refractivity contribution is 0.0845. The van der Waals surface area contributed by atoms with Gasteiger partial charge in [0.05, 0.1) is 16.3 Å². The van der Waals surface area contributed by atoms with Crippen LogP contribution in [0.1, 0.15) is 45.1 Å². The molecule has 0 atom stereocenters. The molecule has 0 saturated carbocycles. The van der Waals surface area contributed by atoms with E-state index in [4.69, 9.17) is 0 Å². The molecule has 0 saturated heterocycles. The largest absolute Gasteiger partial charge is 0.352 e. The molecule has 1 N–H and O–H groups in total. The van der Waals surface area contributed by atoms with Crippen molar-refractivity contribution >= 4 is 33.2 Å². The molecule has 7 nitrogen and oxygen atoms in total. The number of carbonyl (C=O) groups is 2. The van der Waals surface area contributed by atoms with Crippen LogP contribution in [0.25, 0.3) is 11.3 Å². The predicted octanol–water partition coefficient (Wildman–Crippen LogP) is 3.64. The van der Waals surface area contributed by atoms with Crippen LogP contribution in [0.3, 0.4) is 0 Å². The first-order chi connectivity index (χ1) is 15.2. The highest BCUT2D eigenvalue weighted by Gasteiger charge is 2.42. The molecule has 0 unspecified atom stereocenters. The Morgan fingerprint density at radius 1 is 1.16 bits per heavy atom. The van der Waals surface area contributed by atoms with Gasteiger partial charge in [0.15, 0.2) is 0 Å². The molecule has 0 fully saturated rings. The number of aryl methyl sites for hydroxylation is 1. The van der Waals surface area contributed by atoms with Crippen LogP contribution in [0, 0.1) is 6.92 Å². The molecule has 0 aliphatic carbocycles. The number of benzene rings is 2. The number of fused-ring (bicyclic) bond motifs is 1. The maximum absolute atomic E-state index is 12.7. The summed E-state index contributed by atoms with van der Waals surface area (Å²) >= 11 is 1.61. The van der Waals surface area contributed by atoms with Crippen molar-refractivity contribution in [1.82, 2.24) is 14.6 Å². The van der Waals surface area contributed by atoms with Gasteiger partial charge in [-0.05, 0) is 51.0 Å². The quantitative estimate of drug-likeness (QED) is 0.595. The molecule has 2 amide bonds. The van der Waals surface area contributed by atoms with Gasteiger partial charge in [-0.1, -0.05) is 24.3 Å². The number of amides is 2. The molecule has 0 radical (unpaired) electrons. The molecule has 2 aromatic carbocycles. The van der Waals surface area contributed by atoms with E-state index in [2.05, 4.69) is 10.3 Å². The van der Waals surface area contributed by atoms with Gasteiger partial charge >= 0.3 is 0 Å². The lowest BCUT2D eigenvalue weighted by Crippen LogP contribution is -2.36. The third-order valence-corrected chi connectivity index (χ3v) is 8.02. The smallest absolute Gasteiger partial charge is 0.269 e. The standard InChI is InChI=1S/C23H23N3O4S2/c1-14(2)26-23(28)19-9-8-18(12-21(19)32(26,29)30)22(27)24-11-10-16-4-6-17(7-5-16)20-13-31-15(3)25-20/h4-9,12-14H,10-11H2,1-3H3,(H,24,27). The van der Waals surface area contributed by atoms with Gasteiger partial charge in [0.2, 0.25) is 0 Å². The molecule has 32 heavy (non-hydrogen) atoms. The number of thiazole rings is 1. The van der Waals surface area contributed by atoms with Crippen molar-refractivity contribution in [2.45, 2.75) is 38.1 Å². The first-order valence-electron chi connectivity index (χ1n) is 10.2. The average molecular weight is 470 g/mol. The normalized spacial score (nSPS) is 14.6.